The van der Waals surface area contributed by atoms with Crippen molar-refractivity contribution in [3.8, 4) is 11.8 Å². The Kier molecular flexibility index (Phi) is 5.58. The van der Waals surface area contributed by atoms with E-state index < -0.39 is 5.41 Å². The average Bonchev–Trinajstić information content (AvgIpc) is 2.73. The second-order valence-electron chi connectivity index (χ2n) is 6.79. The highest BCUT2D eigenvalue weighted by Crippen LogP contribution is 2.35. The van der Waals surface area contributed by atoms with Gasteiger partial charge < -0.3 is 9.64 Å². The van der Waals surface area contributed by atoms with Crippen LogP contribution < -0.4 is 4.74 Å². The minimum Gasteiger partial charge on any atom is -0.497 e. The molecule has 0 unspecified atom stereocenters. The van der Waals surface area contributed by atoms with Crippen molar-refractivity contribution in [3.63, 3.8) is 0 Å². The molecule has 4 nitrogen and oxygen atoms in total. The second kappa shape index (κ2) is 8.05. The van der Waals surface area contributed by atoms with Crippen molar-refractivity contribution in [1.29, 1.82) is 5.26 Å². The van der Waals surface area contributed by atoms with Gasteiger partial charge >= 0.3 is 0 Å². The molecule has 0 aromatic heterocycles. The molecule has 0 N–H and O–H groups in total. The molecule has 26 heavy (non-hydrogen) atoms. The molecule has 134 valence electrons. The fourth-order valence-corrected chi connectivity index (χ4v) is 3.60. The number of aryl methyl sites for hydroxylation is 1. The van der Waals surface area contributed by atoms with Gasteiger partial charge in [-0.3, -0.25) is 4.79 Å². The SMILES string of the molecule is COc1cccc(CCC(=O)N2CCC(C#N)(c3ccccc3)CC2)c1. The summed E-state index contributed by atoms with van der Waals surface area (Å²) in [6, 6.07) is 20.3. The summed E-state index contributed by atoms with van der Waals surface area (Å²) in [7, 11) is 1.65. The van der Waals surface area contributed by atoms with E-state index in [-0.39, 0.29) is 5.91 Å². The summed E-state index contributed by atoms with van der Waals surface area (Å²) in [6.45, 7) is 1.28. The van der Waals surface area contributed by atoms with Gasteiger partial charge in [-0.25, -0.2) is 0 Å². The molecule has 1 aliphatic rings. The number of rotatable bonds is 5. The first kappa shape index (κ1) is 18.0. The van der Waals surface area contributed by atoms with Gasteiger partial charge in [0, 0.05) is 19.5 Å². The first-order chi connectivity index (χ1) is 12.7. The maximum atomic E-state index is 12.6. The zero-order valence-electron chi connectivity index (χ0n) is 15.1. The van der Waals surface area contributed by atoms with Crippen LogP contribution >= 0.6 is 0 Å². The van der Waals surface area contributed by atoms with Gasteiger partial charge in [0.25, 0.3) is 0 Å². The van der Waals surface area contributed by atoms with E-state index in [1.807, 2.05) is 59.5 Å². The number of benzene rings is 2. The van der Waals surface area contributed by atoms with Crippen molar-refractivity contribution < 1.29 is 9.53 Å². The quantitative estimate of drug-likeness (QED) is 0.828. The first-order valence-corrected chi connectivity index (χ1v) is 9.04. The van der Waals surface area contributed by atoms with Gasteiger partial charge in [-0.05, 0) is 42.5 Å². The van der Waals surface area contributed by atoms with Gasteiger partial charge in [0.1, 0.15) is 5.75 Å². The Hall–Kier alpha value is -2.80. The highest BCUT2D eigenvalue weighted by Gasteiger charge is 2.37. The number of hydrogen-bond acceptors (Lipinski definition) is 3. The molecular formula is C22H24N2O2. The van der Waals surface area contributed by atoms with Crippen molar-refractivity contribution in [3.05, 3.63) is 65.7 Å². The van der Waals surface area contributed by atoms with Crippen molar-refractivity contribution in [2.45, 2.75) is 31.1 Å². The van der Waals surface area contributed by atoms with Gasteiger partial charge in [-0.1, -0.05) is 42.5 Å². The van der Waals surface area contributed by atoms with Crippen LogP contribution in [0.2, 0.25) is 0 Å². The van der Waals surface area contributed by atoms with Gasteiger partial charge in [-0.2, -0.15) is 5.26 Å². The lowest BCUT2D eigenvalue weighted by molar-refractivity contribution is -0.132. The predicted octanol–water partition coefficient (Wildman–Crippen LogP) is 3.71. The monoisotopic (exact) mass is 348 g/mol. The van der Waals surface area contributed by atoms with Gasteiger partial charge in [0.05, 0.1) is 18.6 Å². The third-order valence-corrected chi connectivity index (χ3v) is 5.27. The van der Waals surface area contributed by atoms with Crippen LogP contribution in [0.3, 0.4) is 0 Å². The molecule has 3 rings (SSSR count). The molecule has 1 fully saturated rings. The lowest BCUT2D eigenvalue weighted by atomic mass is 9.74. The first-order valence-electron chi connectivity index (χ1n) is 9.04. The Bertz CT molecular complexity index is 787. The number of hydrogen-bond donors (Lipinski definition) is 0. The zero-order chi connectivity index (χ0) is 18.4. The molecule has 0 bridgehead atoms. The summed E-state index contributed by atoms with van der Waals surface area (Å²) in [5, 5.41) is 9.76. The molecule has 4 heteroatoms. The molecular weight excluding hydrogens is 324 g/mol. The van der Waals surface area contributed by atoms with Crippen LogP contribution in [-0.4, -0.2) is 31.0 Å². The Morgan fingerprint density at radius 2 is 1.88 bits per heavy atom. The second-order valence-corrected chi connectivity index (χ2v) is 6.79. The average molecular weight is 348 g/mol. The molecule has 1 amide bonds. The number of nitrogens with zero attached hydrogens (tertiary/aromatic N) is 2. The van der Waals surface area contributed by atoms with E-state index in [1.54, 1.807) is 7.11 Å². The smallest absolute Gasteiger partial charge is 0.222 e. The Morgan fingerprint density at radius 1 is 1.15 bits per heavy atom. The summed E-state index contributed by atoms with van der Waals surface area (Å²) in [6.07, 6.45) is 2.57. The van der Waals surface area contributed by atoms with Crippen LogP contribution in [0.1, 0.15) is 30.4 Å². The van der Waals surface area contributed by atoms with Gasteiger partial charge in [-0.15, -0.1) is 0 Å². The maximum absolute atomic E-state index is 12.6. The molecule has 0 atom stereocenters. The molecule has 0 spiro atoms. The number of methoxy groups -OCH3 is 1. The number of piperidine rings is 1. The van der Waals surface area contributed by atoms with E-state index >= 15 is 0 Å². The molecule has 1 heterocycles. The predicted molar refractivity (Wildman–Crippen MR) is 101 cm³/mol. The molecule has 1 aliphatic heterocycles. The van der Waals surface area contributed by atoms with Crippen molar-refractivity contribution in [2.75, 3.05) is 20.2 Å². The van der Waals surface area contributed by atoms with Crippen LogP contribution in [0, 0.1) is 11.3 Å². The maximum Gasteiger partial charge on any atom is 0.222 e. The summed E-state index contributed by atoms with van der Waals surface area (Å²) in [4.78, 5) is 14.5. The zero-order valence-corrected chi connectivity index (χ0v) is 15.1. The van der Waals surface area contributed by atoms with E-state index in [9.17, 15) is 10.1 Å². The molecule has 0 saturated carbocycles. The minimum absolute atomic E-state index is 0.160. The number of amides is 1. The summed E-state index contributed by atoms with van der Waals surface area (Å²) in [5.74, 6) is 0.974. The summed E-state index contributed by atoms with van der Waals surface area (Å²) in [5.41, 5.74) is 1.70. The van der Waals surface area contributed by atoms with E-state index in [1.165, 1.54) is 0 Å². The molecule has 0 radical (unpaired) electrons. The summed E-state index contributed by atoms with van der Waals surface area (Å²) < 4.78 is 5.23. The topological polar surface area (TPSA) is 53.3 Å². The number of likely N-dealkylation sites (tertiary alicyclic amines) is 1. The van der Waals surface area contributed by atoms with E-state index in [2.05, 4.69) is 6.07 Å². The van der Waals surface area contributed by atoms with Crippen LogP contribution in [0.25, 0.3) is 0 Å². The minimum atomic E-state index is -0.467. The fraction of sp³-hybridized carbons (Fsp3) is 0.364. The Labute approximate surface area is 155 Å². The van der Waals surface area contributed by atoms with E-state index in [0.29, 0.717) is 38.8 Å². The van der Waals surface area contributed by atoms with E-state index in [4.69, 9.17) is 4.74 Å². The van der Waals surface area contributed by atoms with Crippen LogP contribution in [0.5, 0.6) is 5.75 Å². The molecule has 0 aliphatic carbocycles. The third kappa shape index (κ3) is 3.88. The molecule has 2 aromatic rings. The largest absolute Gasteiger partial charge is 0.497 e. The highest BCUT2D eigenvalue weighted by molar-refractivity contribution is 5.76. The third-order valence-electron chi connectivity index (χ3n) is 5.27. The van der Waals surface area contributed by atoms with Crippen molar-refractivity contribution >= 4 is 5.91 Å². The van der Waals surface area contributed by atoms with Crippen molar-refractivity contribution in [1.82, 2.24) is 4.90 Å². The normalized spacial score (nSPS) is 15.9. The lowest BCUT2D eigenvalue weighted by Gasteiger charge is -2.37. The van der Waals surface area contributed by atoms with Crippen molar-refractivity contribution in [2.24, 2.45) is 0 Å². The lowest BCUT2D eigenvalue weighted by Crippen LogP contribution is -2.44. The number of nitriles is 1. The van der Waals surface area contributed by atoms with Gasteiger partial charge in [0.2, 0.25) is 5.91 Å². The molecule has 2 aromatic carbocycles. The number of carbonyl (C=O) groups excluding carboxylic acids is 1. The number of ether oxygens (including phenoxy) is 1. The summed E-state index contributed by atoms with van der Waals surface area (Å²) >= 11 is 0. The highest BCUT2D eigenvalue weighted by atomic mass is 16.5. The standard InChI is InChI=1S/C22H24N2O2/c1-26-20-9-5-6-18(16-20)10-11-21(25)24-14-12-22(17-23,13-15-24)19-7-3-2-4-8-19/h2-9,16H,10-15H2,1H3. The van der Waals surface area contributed by atoms with Gasteiger partial charge in [0.15, 0.2) is 0 Å². The Balaban J connectivity index is 1.57. The molecule has 1 saturated heterocycles. The van der Waals surface area contributed by atoms with E-state index in [0.717, 1.165) is 16.9 Å². The number of carbonyl (C=O) groups is 1. The Morgan fingerprint density at radius 3 is 2.54 bits per heavy atom. The van der Waals surface area contributed by atoms with Crippen LogP contribution in [0.15, 0.2) is 54.6 Å². The van der Waals surface area contributed by atoms with Crippen LogP contribution in [0.4, 0.5) is 0 Å². The van der Waals surface area contributed by atoms with Crippen LogP contribution in [-0.2, 0) is 16.6 Å². The fourth-order valence-electron chi connectivity index (χ4n) is 3.60.